The molecule has 1 aliphatic heterocycles. The van der Waals surface area contributed by atoms with Crippen molar-refractivity contribution in [3.63, 3.8) is 0 Å². The third-order valence-corrected chi connectivity index (χ3v) is 4.59. The summed E-state index contributed by atoms with van der Waals surface area (Å²) in [7, 11) is 0. The van der Waals surface area contributed by atoms with Gasteiger partial charge in [-0.15, -0.1) is 0 Å². The lowest BCUT2D eigenvalue weighted by atomic mass is 9.94. The monoisotopic (exact) mass is 342 g/mol. The Kier molecular flexibility index (Phi) is 4.97. The zero-order valence-electron chi connectivity index (χ0n) is 14.6. The maximum atomic E-state index is 13.2. The highest BCUT2D eigenvalue weighted by atomic mass is 19.1. The Balaban J connectivity index is 1.92. The number of halogens is 1. The van der Waals surface area contributed by atoms with Crippen LogP contribution in [0.3, 0.4) is 0 Å². The van der Waals surface area contributed by atoms with Crippen molar-refractivity contribution < 1.29 is 9.18 Å². The van der Waals surface area contributed by atoms with Crippen molar-refractivity contribution in [2.24, 2.45) is 0 Å². The molecular formula is C19H23FN4O. The van der Waals surface area contributed by atoms with Gasteiger partial charge in [0.05, 0.1) is 6.04 Å². The highest BCUT2D eigenvalue weighted by molar-refractivity contribution is 5.93. The third-order valence-electron chi connectivity index (χ3n) is 4.59. The van der Waals surface area contributed by atoms with Crippen LogP contribution in [0, 0.1) is 5.82 Å². The molecule has 0 bridgehead atoms. The molecule has 1 saturated heterocycles. The Morgan fingerprint density at radius 3 is 2.64 bits per heavy atom. The number of benzene rings is 1. The molecule has 132 valence electrons. The number of nitrogen functional groups attached to an aromatic ring is 1. The first-order valence-electron chi connectivity index (χ1n) is 8.66. The molecule has 1 aromatic carbocycles. The van der Waals surface area contributed by atoms with Crippen LogP contribution in [0.5, 0.6) is 0 Å². The van der Waals surface area contributed by atoms with Crippen molar-refractivity contribution in [2.45, 2.75) is 45.1 Å². The predicted octanol–water partition coefficient (Wildman–Crippen LogP) is 3.69. The first-order chi connectivity index (χ1) is 12.0. The summed E-state index contributed by atoms with van der Waals surface area (Å²) in [6, 6.07) is 8.03. The largest absolute Gasteiger partial charge is 0.368 e. The maximum absolute atomic E-state index is 13.2. The minimum absolute atomic E-state index is 0.0689. The Morgan fingerprint density at radius 1 is 1.24 bits per heavy atom. The molecule has 6 heteroatoms. The topological polar surface area (TPSA) is 72.1 Å². The van der Waals surface area contributed by atoms with E-state index in [9.17, 15) is 9.18 Å². The molecule has 0 radical (unpaired) electrons. The Hall–Kier alpha value is -2.50. The van der Waals surface area contributed by atoms with Gasteiger partial charge in [0, 0.05) is 12.2 Å². The second kappa shape index (κ2) is 7.17. The van der Waals surface area contributed by atoms with Crippen LogP contribution in [0.1, 0.15) is 66.8 Å². The van der Waals surface area contributed by atoms with E-state index < -0.39 is 0 Å². The fourth-order valence-electron chi connectivity index (χ4n) is 3.24. The summed E-state index contributed by atoms with van der Waals surface area (Å²) >= 11 is 0. The number of hydrogen-bond donors (Lipinski definition) is 1. The number of nitrogens with zero attached hydrogens (tertiary/aromatic N) is 3. The number of carbonyl (C=O) groups excluding carboxylic acids is 1. The minimum atomic E-state index is -0.275. The average Bonchev–Trinajstić information content (AvgIpc) is 2.61. The van der Waals surface area contributed by atoms with Gasteiger partial charge >= 0.3 is 0 Å². The molecule has 1 fully saturated rings. The number of carbonyl (C=O) groups is 1. The molecule has 0 saturated carbocycles. The SMILES string of the molecule is CC(C)c1cc(C(=O)N2CCCC[C@H]2c2ccc(F)cc2)nc(N)n1. The molecule has 2 N–H and O–H groups in total. The highest BCUT2D eigenvalue weighted by Gasteiger charge is 2.30. The van der Waals surface area contributed by atoms with Gasteiger partial charge in [0.15, 0.2) is 0 Å². The van der Waals surface area contributed by atoms with Gasteiger partial charge in [0.1, 0.15) is 11.5 Å². The van der Waals surface area contributed by atoms with E-state index in [0.717, 1.165) is 30.5 Å². The number of likely N-dealkylation sites (tertiary alicyclic amines) is 1. The summed E-state index contributed by atoms with van der Waals surface area (Å²) in [6.07, 6.45) is 2.84. The summed E-state index contributed by atoms with van der Waals surface area (Å²) in [5, 5.41) is 0. The van der Waals surface area contributed by atoms with E-state index in [1.165, 1.54) is 12.1 Å². The molecule has 1 atom stereocenters. The number of anilines is 1. The maximum Gasteiger partial charge on any atom is 0.273 e. The number of rotatable bonds is 3. The normalized spacial score (nSPS) is 17.8. The molecule has 2 heterocycles. The van der Waals surface area contributed by atoms with E-state index in [1.54, 1.807) is 18.2 Å². The van der Waals surface area contributed by atoms with E-state index >= 15 is 0 Å². The summed E-state index contributed by atoms with van der Waals surface area (Å²) in [6.45, 7) is 4.65. The van der Waals surface area contributed by atoms with E-state index in [-0.39, 0.29) is 29.6 Å². The second-order valence-corrected chi connectivity index (χ2v) is 6.75. The second-order valence-electron chi connectivity index (χ2n) is 6.75. The Morgan fingerprint density at radius 2 is 1.96 bits per heavy atom. The van der Waals surface area contributed by atoms with Crippen LogP contribution in [0.25, 0.3) is 0 Å². The Bertz CT molecular complexity index is 761. The van der Waals surface area contributed by atoms with E-state index in [0.29, 0.717) is 12.2 Å². The quantitative estimate of drug-likeness (QED) is 0.923. The minimum Gasteiger partial charge on any atom is -0.368 e. The van der Waals surface area contributed by atoms with Crippen LogP contribution < -0.4 is 5.73 Å². The molecule has 1 amide bonds. The smallest absolute Gasteiger partial charge is 0.273 e. The molecule has 3 rings (SSSR count). The summed E-state index contributed by atoms with van der Waals surface area (Å²) in [5.41, 5.74) is 7.82. The lowest BCUT2D eigenvalue weighted by Crippen LogP contribution is -2.39. The summed E-state index contributed by atoms with van der Waals surface area (Å²) in [4.78, 5) is 23.3. The Labute approximate surface area is 147 Å². The van der Waals surface area contributed by atoms with Crippen LogP contribution in [-0.4, -0.2) is 27.3 Å². The fourth-order valence-corrected chi connectivity index (χ4v) is 3.24. The number of piperidine rings is 1. The molecule has 0 aliphatic carbocycles. The van der Waals surface area contributed by atoms with Crippen molar-refractivity contribution in [1.29, 1.82) is 0 Å². The highest BCUT2D eigenvalue weighted by Crippen LogP contribution is 2.32. The lowest BCUT2D eigenvalue weighted by Gasteiger charge is -2.36. The number of aromatic nitrogens is 2. The van der Waals surface area contributed by atoms with Crippen LogP contribution in [0.2, 0.25) is 0 Å². The molecule has 25 heavy (non-hydrogen) atoms. The van der Waals surface area contributed by atoms with Gasteiger partial charge in [-0.05, 0) is 48.9 Å². The molecule has 5 nitrogen and oxygen atoms in total. The molecule has 1 aliphatic rings. The number of nitrogens with two attached hydrogens (primary N) is 1. The first kappa shape index (κ1) is 17.3. The van der Waals surface area contributed by atoms with E-state index in [1.807, 2.05) is 18.7 Å². The first-order valence-corrected chi connectivity index (χ1v) is 8.66. The van der Waals surface area contributed by atoms with Crippen LogP contribution in [0.4, 0.5) is 10.3 Å². The molecule has 2 aromatic rings. The van der Waals surface area contributed by atoms with Gasteiger partial charge in [-0.25, -0.2) is 14.4 Å². The van der Waals surface area contributed by atoms with Crippen molar-refractivity contribution in [2.75, 3.05) is 12.3 Å². The average molecular weight is 342 g/mol. The van der Waals surface area contributed by atoms with E-state index in [4.69, 9.17) is 5.73 Å². The van der Waals surface area contributed by atoms with Gasteiger partial charge in [0.25, 0.3) is 5.91 Å². The number of hydrogen-bond acceptors (Lipinski definition) is 4. The van der Waals surface area contributed by atoms with Crippen molar-refractivity contribution in [3.8, 4) is 0 Å². The van der Waals surface area contributed by atoms with Crippen LogP contribution in [0.15, 0.2) is 30.3 Å². The lowest BCUT2D eigenvalue weighted by molar-refractivity contribution is 0.0605. The van der Waals surface area contributed by atoms with Crippen molar-refractivity contribution in [1.82, 2.24) is 14.9 Å². The van der Waals surface area contributed by atoms with Gasteiger partial charge < -0.3 is 10.6 Å². The fraction of sp³-hybridized carbons (Fsp3) is 0.421. The predicted molar refractivity (Wildman–Crippen MR) is 94.6 cm³/mol. The molecule has 0 spiro atoms. The van der Waals surface area contributed by atoms with Gasteiger partial charge in [0.2, 0.25) is 5.95 Å². The summed E-state index contributed by atoms with van der Waals surface area (Å²) < 4.78 is 13.2. The molecular weight excluding hydrogens is 319 g/mol. The summed E-state index contributed by atoms with van der Waals surface area (Å²) in [5.74, 6) is -0.149. The number of amides is 1. The zero-order chi connectivity index (χ0) is 18.0. The molecule has 0 unspecified atom stereocenters. The standard InChI is InChI=1S/C19H23FN4O/c1-12(2)15-11-16(23-19(21)22-15)18(25)24-10-4-3-5-17(24)13-6-8-14(20)9-7-13/h6-9,11-12,17H,3-5,10H2,1-2H3,(H2,21,22,23)/t17-/m0/s1. The van der Waals surface area contributed by atoms with Crippen molar-refractivity contribution >= 4 is 11.9 Å². The van der Waals surface area contributed by atoms with Crippen LogP contribution in [-0.2, 0) is 0 Å². The van der Waals surface area contributed by atoms with Gasteiger partial charge in [-0.1, -0.05) is 26.0 Å². The van der Waals surface area contributed by atoms with Crippen molar-refractivity contribution in [3.05, 3.63) is 53.1 Å². The van der Waals surface area contributed by atoms with Crippen LogP contribution >= 0.6 is 0 Å². The van der Waals surface area contributed by atoms with E-state index in [2.05, 4.69) is 9.97 Å². The van der Waals surface area contributed by atoms with Gasteiger partial charge in [-0.3, -0.25) is 4.79 Å². The molecule has 1 aromatic heterocycles. The van der Waals surface area contributed by atoms with Gasteiger partial charge in [-0.2, -0.15) is 0 Å². The zero-order valence-corrected chi connectivity index (χ0v) is 14.6. The third kappa shape index (κ3) is 3.78.